The van der Waals surface area contributed by atoms with E-state index in [9.17, 15) is 4.79 Å². The van der Waals surface area contributed by atoms with Crippen LogP contribution in [0, 0.1) is 5.92 Å². The predicted octanol–water partition coefficient (Wildman–Crippen LogP) is 1.50. The molecule has 19 heavy (non-hydrogen) atoms. The molecule has 0 radical (unpaired) electrons. The highest BCUT2D eigenvalue weighted by Crippen LogP contribution is 2.44. The van der Waals surface area contributed by atoms with Crippen molar-refractivity contribution in [3.8, 4) is 0 Å². The lowest BCUT2D eigenvalue weighted by molar-refractivity contribution is -0.125. The highest BCUT2D eigenvalue weighted by Gasteiger charge is 2.38. The van der Waals surface area contributed by atoms with Gasteiger partial charge in [-0.25, -0.2) is 0 Å². The molecule has 0 aromatic carbocycles. The lowest BCUT2D eigenvalue weighted by Gasteiger charge is -2.32. The molecule has 2 bridgehead atoms. The van der Waals surface area contributed by atoms with Crippen molar-refractivity contribution in [2.45, 2.75) is 38.1 Å². The van der Waals surface area contributed by atoms with E-state index in [1.807, 2.05) is 0 Å². The summed E-state index contributed by atoms with van der Waals surface area (Å²) in [5, 5.41) is 3.16. The fourth-order valence-electron chi connectivity index (χ4n) is 3.33. The standard InChI is InChI=1S/C15H18N2O2/c16-13-6-8-4-11-9(7-19-14(11)13)5-12(8)15(18)17-10-2-1-3-10/h4,10,12H,1-3,5-7,16H2,(H,17,18). The summed E-state index contributed by atoms with van der Waals surface area (Å²) in [6, 6.07) is 0.398. The molecule has 1 amide bonds. The molecule has 0 aromatic heterocycles. The van der Waals surface area contributed by atoms with Crippen molar-refractivity contribution in [1.29, 1.82) is 0 Å². The van der Waals surface area contributed by atoms with Gasteiger partial charge in [0, 0.05) is 18.0 Å². The van der Waals surface area contributed by atoms with E-state index in [-0.39, 0.29) is 11.8 Å². The van der Waals surface area contributed by atoms with Gasteiger partial charge in [-0.3, -0.25) is 4.79 Å². The Morgan fingerprint density at radius 2 is 2.26 bits per heavy atom. The Kier molecular flexibility index (Phi) is 2.28. The normalized spacial score (nSPS) is 28.8. The average molecular weight is 258 g/mol. The lowest BCUT2D eigenvalue weighted by Crippen LogP contribution is -2.43. The van der Waals surface area contributed by atoms with E-state index in [0.717, 1.165) is 41.9 Å². The van der Waals surface area contributed by atoms with Gasteiger partial charge >= 0.3 is 0 Å². The van der Waals surface area contributed by atoms with E-state index in [2.05, 4.69) is 11.4 Å². The molecule has 1 saturated carbocycles. The number of rotatable bonds is 2. The van der Waals surface area contributed by atoms with E-state index in [1.54, 1.807) is 0 Å². The first-order valence-electron chi connectivity index (χ1n) is 7.07. The second-order valence-corrected chi connectivity index (χ2v) is 5.95. The quantitative estimate of drug-likeness (QED) is 0.789. The first-order valence-corrected chi connectivity index (χ1v) is 7.07. The van der Waals surface area contributed by atoms with Crippen LogP contribution in [0.2, 0.25) is 0 Å². The van der Waals surface area contributed by atoms with E-state index >= 15 is 0 Å². The second kappa shape index (κ2) is 3.89. The maximum atomic E-state index is 12.4. The first-order chi connectivity index (χ1) is 9.22. The first kappa shape index (κ1) is 11.1. The van der Waals surface area contributed by atoms with Gasteiger partial charge < -0.3 is 15.8 Å². The summed E-state index contributed by atoms with van der Waals surface area (Å²) >= 11 is 0. The maximum absolute atomic E-state index is 12.4. The molecular formula is C15H18N2O2. The summed E-state index contributed by atoms with van der Waals surface area (Å²) in [5.41, 5.74) is 10.4. The number of nitrogens with one attached hydrogen (secondary N) is 1. The largest absolute Gasteiger partial charge is 0.487 e. The van der Waals surface area contributed by atoms with Crippen LogP contribution in [-0.4, -0.2) is 18.6 Å². The lowest BCUT2D eigenvalue weighted by atomic mass is 9.78. The van der Waals surface area contributed by atoms with Gasteiger partial charge in [0.25, 0.3) is 0 Å². The summed E-state index contributed by atoms with van der Waals surface area (Å²) in [5.74, 6) is 0.989. The molecule has 3 N–H and O–H groups in total. The van der Waals surface area contributed by atoms with Gasteiger partial charge in [-0.2, -0.15) is 0 Å². The fraction of sp³-hybridized carbons (Fsp3) is 0.533. The van der Waals surface area contributed by atoms with Crippen molar-refractivity contribution in [2.75, 3.05) is 6.61 Å². The average Bonchev–Trinajstić information content (AvgIpc) is 2.78. The molecule has 4 aliphatic rings. The van der Waals surface area contributed by atoms with Crippen molar-refractivity contribution >= 4 is 5.91 Å². The molecule has 1 heterocycles. The Labute approximate surface area is 112 Å². The molecule has 0 aromatic rings. The van der Waals surface area contributed by atoms with Crippen LogP contribution in [0.1, 0.15) is 32.1 Å². The summed E-state index contributed by atoms with van der Waals surface area (Å²) in [6.07, 6.45) is 7.09. The molecule has 1 unspecified atom stereocenters. The van der Waals surface area contributed by atoms with Gasteiger partial charge in [-0.05, 0) is 31.3 Å². The molecular weight excluding hydrogens is 240 g/mol. The number of hydrogen-bond donors (Lipinski definition) is 2. The Morgan fingerprint density at radius 3 is 3.00 bits per heavy atom. The zero-order chi connectivity index (χ0) is 13.0. The van der Waals surface area contributed by atoms with Crippen LogP contribution in [0.4, 0.5) is 0 Å². The van der Waals surface area contributed by atoms with E-state index < -0.39 is 0 Å². The SMILES string of the molecule is NC1=C2OCC3=C2C=C(C1)C(C(=O)NC1CCC1)C3. The number of nitrogens with two attached hydrogens (primary N) is 1. The molecule has 0 spiro atoms. The molecule has 1 aliphatic heterocycles. The maximum Gasteiger partial charge on any atom is 0.227 e. The molecule has 4 heteroatoms. The van der Waals surface area contributed by atoms with Gasteiger partial charge in [0.05, 0.1) is 11.6 Å². The van der Waals surface area contributed by atoms with Crippen LogP contribution in [-0.2, 0) is 9.53 Å². The summed E-state index contributed by atoms with van der Waals surface area (Å²) in [7, 11) is 0. The van der Waals surface area contributed by atoms with Crippen LogP contribution in [0.15, 0.2) is 34.3 Å². The number of carbonyl (C=O) groups excluding carboxylic acids is 1. The monoisotopic (exact) mass is 258 g/mol. The van der Waals surface area contributed by atoms with Crippen molar-refractivity contribution < 1.29 is 9.53 Å². The molecule has 4 rings (SSSR count). The third-order valence-electron chi connectivity index (χ3n) is 4.70. The molecule has 3 aliphatic carbocycles. The van der Waals surface area contributed by atoms with Gasteiger partial charge in [0.2, 0.25) is 5.91 Å². The van der Waals surface area contributed by atoms with Crippen LogP contribution < -0.4 is 11.1 Å². The molecule has 1 fully saturated rings. The van der Waals surface area contributed by atoms with Gasteiger partial charge in [0.15, 0.2) is 0 Å². The third-order valence-corrected chi connectivity index (χ3v) is 4.70. The number of hydrogen-bond acceptors (Lipinski definition) is 3. The minimum absolute atomic E-state index is 0.0406. The second-order valence-electron chi connectivity index (χ2n) is 5.95. The number of allylic oxidation sites excluding steroid dienone is 2. The summed E-state index contributed by atoms with van der Waals surface area (Å²) in [4.78, 5) is 12.4. The van der Waals surface area contributed by atoms with Crippen molar-refractivity contribution in [2.24, 2.45) is 11.7 Å². The van der Waals surface area contributed by atoms with Crippen molar-refractivity contribution in [3.05, 3.63) is 34.3 Å². The zero-order valence-electron chi connectivity index (χ0n) is 10.9. The third kappa shape index (κ3) is 1.62. The van der Waals surface area contributed by atoms with E-state index in [4.69, 9.17) is 10.5 Å². The zero-order valence-corrected chi connectivity index (χ0v) is 10.9. The van der Waals surface area contributed by atoms with E-state index in [0.29, 0.717) is 19.1 Å². The van der Waals surface area contributed by atoms with E-state index in [1.165, 1.54) is 12.0 Å². The highest BCUT2D eigenvalue weighted by atomic mass is 16.5. The predicted molar refractivity (Wildman–Crippen MR) is 70.8 cm³/mol. The van der Waals surface area contributed by atoms with Crippen molar-refractivity contribution in [3.63, 3.8) is 0 Å². The van der Waals surface area contributed by atoms with Gasteiger partial charge in [-0.15, -0.1) is 0 Å². The summed E-state index contributed by atoms with van der Waals surface area (Å²) < 4.78 is 5.65. The minimum atomic E-state index is -0.0406. The Morgan fingerprint density at radius 1 is 1.42 bits per heavy atom. The Bertz CT molecular complexity index is 552. The molecule has 1 atom stereocenters. The number of amides is 1. The van der Waals surface area contributed by atoms with Gasteiger partial charge in [-0.1, -0.05) is 11.6 Å². The Balaban J connectivity index is 1.58. The van der Waals surface area contributed by atoms with Crippen LogP contribution in [0.3, 0.4) is 0 Å². The summed E-state index contributed by atoms with van der Waals surface area (Å²) in [6.45, 7) is 0.600. The molecule has 100 valence electrons. The highest BCUT2D eigenvalue weighted by molar-refractivity contribution is 5.84. The topological polar surface area (TPSA) is 64.3 Å². The smallest absolute Gasteiger partial charge is 0.227 e. The Hall–Kier alpha value is -1.71. The number of carbonyl (C=O) groups is 1. The van der Waals surface area contributed by atoms with Crippen LogP contribution in [0.25, 0.3) is 0 Å². The minimum Gasteiger partial charge on any atom is -0.487 e. The molecule has 4 nitrogen and oxygen atoms in total. The van der Waals surface area contributed by atoms with Crippen molar-refractivity contribution in [1.82, 2.24) is 5.32 Å². The van der Waals surface area contributed by atoms with Crippen LogP contribution in [0.5, 0.6) is 0 Å². The molecule has 0 saturated heterocycles. The van der Waals surface area contributed by atoms with Crippen LogP contribution >= 0.6 is 0 Å². The fourth-order valence-corrected chi connectivity index (χ4v) is 3.33. The number of ether oxygens (including phenoxy) is 1. The van der Waals surface area contributed by atoms with Gasteiger partial charge in [0.1, 0.15) is 12.4 Å².